The Kier molecular flexibility index (Phi) is 5.01. The Labute approximate surface area is 119 Å². The standard InChI is InChI=1S/C15H21N3O2/c1-4-18-13(7-8-17-18)11-16-10-12-5-6-14(19-2)9-15(12)20-3/h5-9,16H,4,10-11H2,1-3H3. The Morgan fingerprint density at radius 2 is 2.00 bits per heavy atom. The number of nitrogens with zero attached hydrogens (tertiary/aromatic N) is 2. The van der Waals surface area contributed by atoms with Gasteiger partial charge in [0, 0.05) is 37.5 Å². The number of ether oxygens (including phenoxy) is 2. The van der Waals surface area contributed by atoms with Gasteiger partial charge in [-0.3, -0.25) is 4.68 Å². The third-order valence-electron chi connectivity index (χ3n) is 3.22. The second-order valence-corrected chi connectivity index (χ2v) is 4.42. The lowest BCUT2D eigenvalue weighted by molar-refractivity contribution is 0.389. The van der Waals surface area contributed by atoms with E-state index in [0.29, 0.717) is 0 Å². The summed E-state index contributed by atoms with van der Waals surface area (Å²) in [6, 6.07) is 7.88. The molecule has 0 fully saturated rings. The lowest BCUT2D eigenvalue weighted by Crippen LogP contribution is -2.16. The summed E-state index contributed by atoms with van der Waals surface area (Å²) in [4.78, 5) is 0. The molecule has 5 nitrogen and oxygen atoms in total. The fraction of sp³-hybridized carbons (Fsp3) is 0.400. The average molecular weight is 275 g/mol. The van der Waals surface area contributed by atoms with E-state index in [1.807, 2.05) is 35.1 Å². The number of rotatable bonds is 7. The zero-order valence-electron chi connectivity index (χ0n) is 12.2. The van der Waals surface area contributed by atoms with E-state index in [9.17, 15) is 0 Å². The molecule has 1 aromatic heterocycles. The van der Waals surface area contributed by atoms with Crippen LogP contribution in [0.15, 0.2) is 30.5 Å². The molecule has 108 valence electrons. The number of nitrogens with one attached hydrogen (secondary N) is 1. The number of aryl methyl sites for hydroxylation is 1. The van der Waals surface area contributed by atoms with Crippen molar-refractivity contribution in [1.82, 2.24) is 15.1 Å². The summed E-state index contributed by atoms with van der Waals surface area (Å²) in [6.45, 7) is 4.49. The highest BCUT2D eigenvalue weighted by Gasteiger charge is 2.05. The van der Waals surface area contributed by atoms with Crippen molar-refractivity contribution < 1.29 is 9.47 Å². The predicted molar refractivity (Wildman–Crippen MR) is 78.0 cm³/mol. The van der Waals surface area contributed by atoms with Crippen molar-refractivity contribution in [2.45, 2.75) is 26.6 Å². The second kappa shape index (κ2) is 6.96. The largest absolute Gasteiger partial charge is 0.497 e. The molecular weight excluding hydrogens is 254 g/mol. The van der Waals surface area contributed by atoms with E-state index >= 15 is 0 Å². The van der Waals surface area contributed by atoms with Crippen LogP contribution in [0.1, 0.15) is 18.2 Å². The number of hydrogen-bond donors (Lipinski definition) is 1. The number of methoxy groups -OCH3 is 2. The Morgan fingerprint density at radius 1 is 1.15 bits per heavy atom. The molecule has 0 aliphatic heterocycles. The molecule has 0 aliphatic rings. The number of aromatic nitrogens is 2. The van der Waals surface area contributed by atoms with Gasteiger partial charge in [-0.15, -0.1) is 0 Å². The lowest BCUT2D eigenvalue weighted by atomic mass is 10.2. The van der Waals surface area contributed by atoms with Gasteiger partial charge >= 0.3 is 0 Å². The molecule has 0 bridgehead atoms. The van der Waals surface area contributed by atoms with Crippen LogP contribution in [0.4, 0.5) is 0 Å². The van der Waals surface area contributed by atoms with E-state index in [0.717, 1.165) is 36.7 Å². The molecule has 5 heteroatoms. The van der Waals surface area contributed by atoms with Crippen molar-refractivity contribution >= 4 is 0 Å². The molecule has 0 radical (unpaired) electrons. The van der Waals surface area contributed by atoms with Gasteiger partial charge < -0.3 is 14.8 Å². The lowest BCUT2D eigenvalue weighted by Gasteiger charge is -2.11. The van der Waals surface area contributed by atoms with Crippen LogP contribution in [0, 0.1) is 0 Å². The van der Waals surface area contributed by atoms with E-state index in [1.165, 1.54) is 5.69 Å². The molecule has 0 atom stereocenters. The van der Waals surface area contributed by atoms with Crippen LogP contribution in [-0.4, -0.2) is 24.0 Å². The van der Waals surface area contributed by atoms with E-state index in [2.05, 4.69) is 17.3 Å². The highest BCUT2D eigenvalue weighted by molar-refractivity contribution is 5.40. The summed E-state index contributed by atoms with van der Waals surface area (Å²) in [5.41, 5.74) is 2.29. The molecule has 0 spiro atoms. The first kappa shape index (κ1) is 14.4. The van der Waals surface area contributed by atoms with Gasteiger partial charge in [0.15, 0.2) is 0 Å². The van der Waals surface area contributed by atoms with E-state index in [4.69, 9.17) is 9.47 Å². The van der Waals surface area contributed by atoms with Crippen molar-refractivity contribution in [2.24, 2.45) is 0 Å². The van der Waals surface area contributed by atoms with Crippen molar-refractivity contribution in [3.05, 3.63) is 41.7 Å². The summed E-state index contributed by atoms with van der Waals surface area (Å²) < 4.78 is 12.6. The fourth-order valence-electron chi connectivity index (χ4n) is 2.12. The van der Waals surface area contributed by atoms with Crippen LogP contribution >= 0.6 is 0 Å². The topological polar surface area (TPSA) is 48.3 Å². The quantitative estimate of drug-likeness (QED) is 0.841. The third kappa shape index (κ3) is 3.30. The van der Waals surface area contributed by atoms with Gasteiger partial charge in [0.2, 0.25) is 0 Å². The van der Waals surface area contributed by atoms with Crippen molar-refractivity contribution in [3.63, 3.8) is 0 Å². The van der Waals surface area contributed by atoms with E-state index in [-0.39, 0.29) is 0 Å². The van der Waals surface area contributed by atoms with Crippen LogP contribution in [0.2, 0.25) is 0 Å². The molecule has 1 N–H and O–H groups in total. The average Bonchev–Trinajstić information content (AvgIpc) is 2.95. The van der Waals surface area contributed by atoms with Crippen LogP contribution in [0.3, 0.4) is 0 Å². The molecule has 1 heterocycles. The Hall–Kier alpha value is -2.01. The summed E-state index contributed by atoms with van der Waals surface area (Å²) in [5, 5.41) is 7.66. The molecule has 1 aromatic carbocycles. The third-order valence-corrected chi connectivity index (χ3v) is 3.22. The summed E-state index contributed by atoms with van der Waals surface area (Å²) in [5.74, 6) is 1.63. The maximum absolute atomic E-state index is 5.38. The monoisotopic (exact) mass is 275 g/mol. The van der Waals surface area contributed by atoms with Gasteiger partial charge in [-0.25, -0.2) is 0 Å². The van der Waals surface area contributed by atoms with Gasteiger partial charge in [-0.2, -0.15) is 5.10 Å². The minimum Gasteiger partial charge on any atom is -0.497 e. The van der Waals surface area contributed by atoms with Crippen molar-refractivity contribution in [2.75, 3.05) is 14.2 Å². The first-order valence-corrected chi connectivity index (χ1v) is 6.70. The van der Waals surface area contributed by atoms with Crippen LogP contribution in [0.25, 0.3) is 0 Å². The smallest absolute Gasteiger partial charge is 0.127 e. The highest BCUT2D eigenvalue weighted by atomic mass is 16.5. The SMILES string of the molecule is CCn1nccc1CNCc1ccc(OC)cc1OC. The second-order valence-electron chi connectivity index (χ2n) is 4.42. The molecule has 0 saturated carbocycles. The van der Waals surface area contributed by atoms with Crippen LogP contribution in [-0.2, 0) is 19.6 Å². The van der Waals surface area contributed by atoms with Gasteiger partial charge in [0.25, 0.3) is 0 Å². The minimum atomic E-state index is 0.738. The van der Waals surface area contributed by atoms with Crippen LogP contribution < -0.4 is 14.8 Å². The zero-order chi connectivity index (χ0) is 14.4. The van der Waals surface area contributed by atoms with E-state index < -0.39 is 0 Å². The minimum absolute atomic E-state index is 0.738. The van der Waals surface area contributed by atoms with Gasteiger partial charge in [0.05, 0.1) is 19.9 Å². The predicted octanol–water partition coefficient (Wildman–Crippen LogP) is 2.21. The van der Waals surface area contributed by atoms with Crippen molar-refractivity contribution in [3.8, 4) is 11.5 Å². The number of benzene rings is 1. The Balaban J connectivity index is 1.97. The number of hydrogen-bond acceptors (Lipinski definition) is 4. The molecule has 0 unspecified atom stereocenters. The molecule has 0 aliphatic carbocycles. The molecule has 0 saturated heterocycles. The van der Waals surface area contributed by atoms with Crippen LogP contribution in [0.5, 0.6) is 11.5 Å². The fourth-order valence-corrected chi connectivity index (χ4v) is 2.12. The zero-order valence-corrected chi connectivity index (χ0v) is 12.2. The summed E-state index contributed by atoms with van der Waals surface area (Å²) >= 11 is 0. The first-order chi connectivity index (χ1) is 9.78. The summed E-state index contributed by atoms with van der Waals surface area (Å²) in [7, 11) is 3.32. The molecule has 2 rings (SSSR count). The van der Waals surface area contributed by atoms with Gasteiger partial charge in [-0.1, -0.05) is 6.07 Å². The molecule has 0 amide bonds. The normalized spacial score (nSPS) is 10.6. The first-order valence-electron chi connectivity index (χ1n) is 6.70. The Bertz CT molecular complexity index is 552. The Morgan fingerprint density at radius 3 is 2.70 bits per heavy atom. The molecule has 20 heavy (non-hydrogen) atoms. The highest BCUT2D eigenvalue weighted by Crippen LogP contribution is 2.24. The van der Waals surface area contributed by atoms with Crippen molar-refractivity contribution in [1.29, 1.82) is 0 Å². The van der Waals surface area contributed by atoms with Gasteiger partial charge in [-0.05, 0) is 19.1 Å². The maximum atomic E-state index is 5.38. The van der Waals surface area contributed by atoms with Gasteiger partial charge in [0.1, 0.15) is 11.5 Å². The molecule has 2 aromatic rings. The summed E-state index contributed by atoms with van der Waals surface area (Å²) in [6.07, 6.45) is 1.83. The molecular formula is C15H21N3O2. The maximum Gasteiger partial charge on any atom is 0.127 e. The van der Waals surface area contributed by atoms with E-state index in [1.54, 1.807) is 14.2 Å².